The number of anilines is 1. The van der Waals surface area contributed by atoms with Gasteiger partial charge < -0.3 is 15.0 Å². The predicted octanol–water partition coefficient (Wildman–Crippen LogP) is 5.58. The summed E-state index contributed by atoms with van der Waals surface area (Å²) in [5, 5.41) is 3.95. The molecule has 3 aromatic rings. The second kappa shape index (κ2) is 9.04. The lowest BCUT2D eigenvalue weighted by molar-refractivity contribution is -0.118. The number of allylic oxidation sites excluding steroid dienone is 2. The van der Waals surface area contributed by atoms with E-state index in [-0.39, 0.29) is 16.8 Å². The lowest BCUT2D eigenvalue weighted by Gasteiger charge is -2.38. The molecule has 0 fully saturated rings. The van der Waals surface area contributed by atoms with Gasteiger partial charge in [0, 0.05) is 29.4 Å². The van der Waals surface area contributed by atoms with Gasteiger partial charge in [0.2, 0.25) is 0 Å². The van der Waals surface area contributed by atoms with Crippen molar-refractivity contribution in [2.75, 3.05) is 12.4 Å². The van der Waals surface area contributed by atoms with Crippen LogP contribution in [0.4, 0.5) is 5.82 Å². The van der Waals surface area contributed by atoms with Gasteiger partial charge in [-0.3, -0.25) is 9.59 Å². The van der Waals surface area contributed by atoms with Gasteiger partial charge in [0.25, 0.3) is 5.56 Å². The van der Waals surface area contributed by atoms with E-state index in [1.807, 2.05) is 36.4 Å². The number of nitrogens with one attached hydrogen (secondary N) is 2. The fraction of sp³-hybridized carbons (Fsp3) is 0.321. The van der Waals surface area contributed by atoms with E-state index in [2.05, 4.69) is 43.2 Å². The third-order valence-corrected chi connectivity index (χ3v) is 7.70. The van der Waals surface area contributed by atoms with Crippen LogP contribution in [0, 0.1) is 12.3 Å². The molecule has 7 heteroatoms. The Labute approximate surface area is 209 Å². The number of hydrogen-bond donors (Lipinski definition) is 2. The Morgan fingerprint density at radius 2 is 1.83 bits per heavy atom. The highest BCUT2D eigenvalue weighted by Crippen LogP contribution is 2.47. The van der Waals surface area contributed by atoms with E-state index in [1.165, 1.54) is 22.9 Å². The molecule has 1 aromatic heterocycles. The molecule has 0 bridgehead atoms. The van der Waals surface area contributed by atoms with E-state index in [0.29, 0.717) is 34.3 Å². The molecule has 0 saturated heterocycles. The van der Waals surface area contributed by atoms with Gasteiger partial charge in [-0.25, -0.2) is 4.98 Å². The van der Waals surface area contributed by atoms with Crippen LogP contribution in [0.2, 0.25) is 0 Å². The van der Waals surface area contributed by atoms with Crippen molar-refractivity contribution in [2.24, 2.45) is 5.41 Å². The number of Topliss-reactive ketones (excluding diaryl/α,β-unsaturated/α-hetero) is 1. The average Bonchev–Trinajstić information content (AvgIpc) is 2.81. The molecule has 6 nitrogen and oxygen atoms in total. The van der Waals surface area contributed by atoms with E-state index in [9.17, 15) is 9.59 Å². The molecule has 0 saturated carbocycles. The van der Waals surface area contributed by atoms with Gasteiger partial charge in [0.15, 0.2) is 10.9 Å². The van der Waals surface area contributed by atoms with Gasteiger partial charge >= 0.3 is 0 Å². The van der Waals surface area contributed by atoms with Crippen LogP contribution in [0.3, 0.4) is 0 Å². The quantitative estimate of drug-likeness (QED) is 0.361. The number of aromatic nitrogens is 2. The lowest BCUT2D eigenvalue weighted by atomic mass is 9.69. The SMILES string of the molecule is COc1ccc([C@H]2C3=C(CC(C)(C)CC3=O)Nc3nc(SCc4ccccc4C)[nH]c(=O)c32)cc1. The van der Waals surface area contributed by atoms with Gasteiger partial charge in [-0.1, -0.05) is 62.0 Å². The summed E-state index contributed by atoms with van der Waals surface area (Å²) in [6.07, 6.45) is 1.17. The van der Waals surface area contributed by atoms with Crippen molar-refractivity contribution < 1.29 is 9.53 Å². The molecule has 5 rings (SSSR count). The monoisotopic (exact) mass is 487 g/mol. The highest BCUT2D eigenvalue weighted by atomic mass is 32.2. The van der Waals surface area contributed by atoms with Crippen LogP contribution in [0.25, 0.3) is 0 Å². The summed E-state index contributed by atoms with van der Waals surface area (Å²) in [6, 6.07) is 15.8. The summed E-state index contributed by atoms with van der Waals surface area (Å²) >= 11 is 1.50. The molecule has 2 heterocycles. The number of hydrogen-bond acceptors (Lipinski definition) is 6. The molecule has 1 aliphatic heterocycles. The Balaban J connectivity index is 1.58. The Kier molecular flexibility index (Phi) is 6.05. The minimum absolute atomic E-state index is 0.0765. The topological polar surface area (TPSA) is 84.1 Å². The number of carbonyl (C=O) groups is 1. The van der Waals surface area contributed by atoms with Crippen LogP contribution in [0.1, 0.15) is 54.9 Å². The van der Waals surface area contributed by atoms with Crippen LogP contribution >= 0.6 is 11.8 Å². The number of aromatic amines is 1. The van der Waals surface area contributed by atoms with Crippen molar-refractivity contribution in [3.63, 3.8) is 0 Å². The number of carbonyl (C=O) groups excluding carboxylic acids is 1. The highest BCUT2D eigenvalue weighted by Gasteiger charge is 2.42. The van der Waals surface area contributed by atoms with Gasteiger partial charge in [0.05, 0.1) is 12.7 Å². The minimum atomic E-state index is -0.470. The van der Waals surface area contributed by atoms with Gasteiger partial charge in [-0.2, -0.15) is 0 Å². The Morgan fingerprint density at radius 1 is 1.09 bits per heavy atom. The largest absolute Gasteiger partial charge is 0.497 e. The number of methoxy groups -OCH3 is 1. The van der Waals surface area contributed by atoms with Crippen molar-refractivity contribution in [1.82, 2.24) is 9.97 Å². The molecule has 1 aliphatic carbocycles. The number of benzene rings is 2. The number of thioether (sulfide) groups is 1. The maximum Gasteiger partial charge on any atom is 0.257 e. The first-order valence-electron chi connectivity index (χ1n) is 11.7. The minimum Gasteiger partial charge on any atom is -0.497 e. The van der Waals surface area contributed by atoms with E-state index in [4.69, 9.17) is 9.72 Å². The number of fused-ring (bicyclic) bond motifs is 1. The van der Waals surface area contributed by atoms with Crippen molar-refractivity contribution in [3.05, 3.63) is 92.4 Å². The van der Waals surface area contributed by atoms with Crippen molar-refractivity contribution in [2.45, 2.75) is 50.4 Å². The second-order valence-corrected chi connectivity index (χ2v) is 11.0. The van der Waals surface area contributed by atoms with Crippen LogP contribution in [0.5, 0.6) is 5.75 Å². The standard InChI is InChI=1S/C28H29N3O3S/c1-16-7-5-6-8-18(16)15-35-27-30-25-24(26(33)31-27)22(17-9-11-19(34-4)12-10-17)23-20(29-25)13-28(2,3)14-21(23)32/h5-12,22H,13-15H2,1-4H3,(H2,29,30,31,33)/t22-/m0/s1. The maximum atomic E-state index is 13.5. The second-order valence-electron chi connectivity index (χ2n) is 10.0. The number of H-pyrrole nitrogens is 1. The molecule has 0 radical (unpaired) electrons. The fourth-order valence-corrected chi connectivity index (χ4v) is 5.95. The molecule has 0 unspecified atom stereocenters. The maximum absolute atomic E-state index is 13.5. The lowest BCUT2D eigenvalue weighted by Crippen LogP contribution is -2.37. The van der Waals surface area contributed by atoms with Gasteiger partial charge in [0.1, 0.15) is 11.6 Å². The molecule has 1 atom stereocenters. The zero-order valence-electron chi connectivity index (χ0n) is 20.4. The summed E-state index contributed by atoms with van der Waals surface area (Å²) in [5.41, 5.74) is 4.93. The number of ether oxygens (including phenoxy) is 1. The molecular weight excluding hydrogens is 458 g/mol. The molecule has 180 valence electrons. The zero-order chi connectivity index (χ0) is 24.7. The Hall–Kier alpha value is -3.32. The third-order valence-electron chi connectivity index (χ3n) is 6.77. The average molecular weight is 488 g/mol. The number of ketones is 1. The van der Waals surface area contributed by atoms with Gasteiger partial charge in [-0.05, 0) is 47.6 Å². The summed E-state index contributed by atoms with van der Waals surface area (Å²) in [7, 11) is 1.62. The van der Waals surface area contributed by atoms with Gasteiger partial charge in [-0.15, -0.1) is 0 Å². The smallest absolute Gasteiger partial charge is 0.257 e. The first-order chi connectivity index (χ1) is 16.8. The summed E-state index contributed by atoms with van der Waals surface area (Å²) in [6.45, 7) is 6.28. The summed E-state index contributed by atoms with van der Waals surface area (Å²) in [5.74, 6) is 1.57. The third kappa shape index (κ3) is 4.52. The van der Waals surface area contributed by atoms with E-state index < -0.39 is 5.92 Å². The first kappa shape index (κ1) is 23.4. The Bertz CT molecular complexity index is 1390. The highest BCUT2D eigenvalue weighted by molar-refractivity contribution is 7.98. The summed E-state index contributed by atoms with van der Waals surface area (Å²) < 4.78 is 5.32. The molecule has 2 aliphatic rings. The molecule has 35 heavy (non-hydrogen) atoms. The van der Waals surface area contributed by atoms with Crippen LogP contribution in [-0.4, -0.2) is 22.9 Å². The van der Waals surface area contributed by atoms with E-state index in [1.54, 1.807) is 7.11 Å². The fourth-order valence-electron chi connectivity index (χ4n) is 5.01. The molecule has 2 aromatic carbocycles. The summed E-state index contributed by atoms with van der Waals surface area (Å²) in [4.78, 5) is 34.6. The van der Waals surface area contributed by atoms with E-state index in [0.717, 1.165) is 23.4 Å². The van der Waals surface area contributed by atoms with Crippen LogP contribution < -0.4 is 15.6 Å². The normalized spacial score (nSPS) is 18.5. The number of nitrogens with zero attached hydrogens (tertiary/aromatic N) is 1. The molecule has 0 spiro atoms. The predicted molar refractivity (Wildman–Crippen MR) is 139 cm³/mol. The van der Waals surface area contributed by atoms with E-state index >= 15 is 0 Å². The van der Waals surface area contributed by atoms with Crippen LogP contribution in [-0.2, 0) is 10.5 Å². The molecule has 0 amide bonds. The first-order valence-corrected chi connectivity index (χ1v) is 12.7. The number of rotatable bonds is 5. The van der Waals surface area contributed by atoms with Crippen molar-refractivity contribution in [3.8, 4) is 5.75 Å². The van der Waals surface area contributed by atoms with Crippen LogP contribution in [0.15, 0.2) is 69.8 Å². The Morgan fingerprint density at radius 3 is 2.54 bits per heavy atom. The molecular formula is C28H29N3O3S. The van der Waals surface area contributed by atoms with Crippen molar-refractivity contribution in [1.29, 1.82) is 0 Å². The number of aryl methyl sites for hydroxylation is 1. The molecule has 2 N–H and O–H groups in total. The zero-order valence-corrected chi connectivity index (χ0v) is 21.2. The van der Waals surface area contributed by atoms with Crippen molar-refractivity contribution >= 4 is 23.4 Å².